The number of hydrogen-bond donors (Lipinski definition) is 6. The van der Waals surface area contributed by atoms with Crippen LogP contribution < -0.4 is 15.8 Å². The number of amides is 1. The standard InChI is InChI=1S/C23H31N5O5S/c1-2-34(32,33)27-18(12-15-6-4-3-5-7-15)23(31)28-11-10-19(28)22(30)26-14-16-8-9-17(21(24)25)20(29)13-16/h3-9,13,18-19,23,27,29,31H,2,10-12,14H2,1H3,(H3,24,25)(H,26,30)/t18-,19+,23?/m1/s1. The molecule has 1 heterocycles. The molecule has 1 saturated heterocycles. The Morgan fingerprint density at radius 1 is 1.24 bits per heavy atom. The van der Waals surface area contributed by atoms with Gasteiger partial charge in [-0.15, -0.1) is 0 Å². The fourth-order valence-corrected chi connectivity index (χ4v) is 4.68. The summed E-state index contributed by atoms with van der Waals surface area (Å²) in [4.78, 5) is 14.4. The first-order valence-electron chi connectivity index (χ1n) is 11.0. The van der Waals surface area contributed by atoms with Crippen LogP contribution in [0.3, 0.4) is 0 Å². The van der Waals surface area contributed by atoms with E-state index >= 15 is 0 Å². The van der Waals surface area contributed by atoms with Gasteiger partial charge in [0.25, 0.3) is 0 Å². The number of nitrogens with two attached hydrogens (primary N) is 1. The third-order valence-corrected chi connectivity index (χ3v) is 7.31. The molecule has 0 saturated carbocycles. The smallest absolute Gasteiger partial charge is 0.237 e. The van der Waals surface area contributed by atoms with E-state index in [9.17, 15) is 23.4 Å². The summed E-state index contributed by atoms with van der Waals surface area (Å²) in [5.41, 5.74) is 7.09. The number of likely N-dealkylation sites (tertiary alicyclic amines) is 1. The Balaban J connectivity index is 1.66. The molecule has 0 aliphatic carbocycles. The van der Waals surface area contributed by atoms with Crippen molar-refractivity contribution >= 4 is 21.8 Å². The summed E-state index contributed by atoms with van der Waals surface area (Å²) in [6.07, 6.45) is -0.394. The predicted octanol–water partition coefficient (Wildman–Crippen LogP) is 0.236. The van der Waals surface area contributed by atoms with Crippen molar-refractivity contribution in [3.63, 3.8) is 0 Å². The fourth-order valence-electron chi connectivity index (χ4n) is 3.85. The molecule has 0 spiro atoms. The van der Waals surface area contributed by atoms with Crippen LogP contribution >= 0.6 is 0 Å². The van der Waals surface area contributed by atoms with E-state index < -0.39 is 28.3 Å². The minimum Gasteiger partial charge on any atom is -0.507 e. The van der Waals surface area contributed by atoms with Gasteiger partial charge in [-0.1, -0.05) is 36.4 Å². The first kappa shape index (κ1) is 25.6. The number of nitrogens with zero attached hydrogens (tertiary/aromatic N) is 1. The van der Waals surface area contributed by atoms with Gasteiger partial charge in [0.15, 0.2) is 0 Å². The van der Waals surface area contributed by atoms with E-state index in [1.807, 2.05) is 30.3 Å². The molecule has 7 N–H and O–H groups in total. The Hall–Kier alpha value is -2.99. The average Bonchev–Trinajstić information content (AvgIpc) is 2.77. The number of carbonyl (C=O) groups is 1. The zero-order chi connectivity index (χ0) is 24.9. The van der Waals surface area contributed by atoms with Crippen molar-refractivity contribution in [2.75, 3.05) is 12.3 Å². The summed E-state index contributed by atoms with van der Waals surface area (Å²) in [5.74, 6) is -0.829. The maximum absolute atomic E-state index is 12.8. The summed E-state index contributed by atoms with van der Waals surface area (Å²) in [6, 6.07) is 12.4. The fraction of sp³-hybridized carbons (Fsp3) is 0.391. The number of nitrogens with one attached hydrogen (secondary N) is 3. The Morgan fingerprint density at radius 3 is 2.50 bits per heavy atom. The van der Waals surface area contributed by atoms with Gasteiger partial charge in [0.1, 0.15) is 17.8 Å². The Morgan fingerprint density at radius 2 is 1.94 bits per heavy atom. The molecule has 3 atom stereocenters. The maximum atomic E-state index is 12.8. The molecular weight excluding hydrogens is 458 g/mol. The number of phenolic OH excluding ortho intramolecular Hbond substituents is 1. The molecule has 34 heavy (non-hydrogen) atoms. The highest BCUT2D eigenvalue weighted by molar-refractivity contribution is 7.89. The highest BCUT2D eigenvalue weighted by atomic mass is 32.2. The quantitative estimate of drug-likeness (QED) is 0.194. The zero-order valence-electron chi connectivity index (χ0n) is 18.9. The minimum atomic E-state index is -3.58. The van der Waals surface area contributed by atoms with Crippen molar-refractivity contribution < 1.29 is 23.4 Å². The van der Waals surface area contributed by atoms with E-state index in [-0.39, 0.29) is 41.8 Å². The molecule has 0 radical (unpaired) electrons. The van der Waals surface area contributed by atoms with Crippen LogP contribution in [-0.4, -0.2) is 65.9 Å². The molecule has 11 heteroatoms. The third kappa shape index (κ3) is 6.32. The average molecular weight is 490 g/mol. The van der Waals surface area contributed by atoms with Gasteiger partial charge in [0.2, 0.25) is 15.9 Å². The number of aromatic hydroxyl groups is 1. The molecule has 1 unspecified atom stereocenters. The Labute approximate surface area is 199 Å². The number of carbonyl (C=O) groups excluding carboxylic acids is 1. The normalized spacial score (nSPS) is 18.0. The molecular formula is C23H31N5O5S. The van der Waals surface area contributed by atoms with Crippen LogP contribution in [0, 0.1) is 5.41 Å². The van der Waals surface area contributed by atoms with Crippen LogP contribution in [0.4, 0.5) is 0 Å². The highest BCUT2D eigenvalue weighted by Crippen LogP contribution is 2.24. The van der Waals surface area contributed by atoms with Crippen molar-refractivity contribution in [3.8, 4) is 5.75 Å². The van der Waals surface area contributed by atoms with Gasteiger partial charge in [-0.05, 0) is 43.0 Å². The van der Waals surface area contributed by atoms with Gasteiger partial charge >= 0.3 is 0 Å². The molecule has 1 fully saturated rings. The number of rotatable bonds is 11. The van der Waals surface area contributed by atoms with Crippen molar-refractivity contribution in [2.45, 2.75) is 44.6 Å². The molecule has 1 aliphatic rings. The number of amidine groups is 1. The van der Waals surface area contributed by atoms with Gasteiger partial charge < -0.3 is 21.3 Å². The number of nitrogen functional groups attached to an aromatic ring is 1. The number of benzene rings is 2. The Kier molecular flexibility index (Phi) is 8.26. The van der Waals surface area contributed by atoms with Crippen LogP contribution in [0.5, 0.6) is 5.75 Å². The number of aliphatic hydroxyl groups excluding tert-OH is 1. The monoisotopic (exact) mass is 489 g/mol. The summed E-state index contributed by atoms with van der Waals surface area (Å²) >= 11 is 0. The lowest BCUT2D eigenvalue weighted by molar-refractivity contribution is -0.144. The number of sulfonamides is 1. The third-order valence-electron chi connectivity index (χ3n) is 5.89. The molecule has 10 nitrogen and oxygen atoms in total. The first-order valence-corrected chi connectivity index (χ1v) is 12.7. The summed E-state index contributed by atoms with van der Waals surface area (Å²) in [6.45, 7) is 2.11. The number of phenols is 1. The molecule has 2 aromatic rings. The van der Waals surface area contributed by atoms with Crippen LogP contribution in [0.25, 0.3) is 0 Å². The molecule has 0 aromatic heterocycles. The SMILES string of the molecule is CCS(=O)(=O)N[C@H](Cc1ccccc1)C(O)N1CC[C@H]1C(=O)NCc1ccc(C(=N)N)c(O)c1. The van der Waals surface area contributed by atoms with Crippen LogP contribution in [0.2, 0.25) is 0 Å². The van der Waals surface area contributed by atoms with E-state index in [4.69, 9.17) is 11.1 Å². The zero-order valence-corrected chi connectivity index (χ0v) is 19.8. The van der Waals surface area contributed by atoms with Crippen molar-refractivity contribution in [2.24, 2.45) is 5.73 Å². The van der Waals surface area contributed by atoms with Crippen LogP contribution in [0.1, 0.15) is 30.0 Å². The van der Waals surface area contributed by atoms with Gasteiger partial charge in [-0.25, -0.2) is 13.1 Å². The largest absolute Gasteiger partial charge is 0.507 e. The van der Waals surface area contributed by atoms with Gasteiger partial charge in [0, 0.05) is 13.1 Å². The first-order chi connectivity index (χ1) is 16.1. The minimum absolute atomic E-state index is 0.121. The van der Waals surface area contributed by atoms with E-state index in [1.165, 1.54) is 19.1 Å². The van der Waals surface area contributed by atoms with E-state index in [1.54, 1.807) is 11.0 Å². The second kappa shape index (κ2) is 11.0. The maximum Gasteiger partial charge on any atom is 0.237 e. The van der Waals surface area contributed by atoms with Crippen LogP contribution in [-0.2, 0) is 27.8 Å². The van der Waals surface area contributed by atoms with Gasteiger partial charge in [0.05, 0.1) is 23.4 Å². The van der Waals surface area contributed by atoms with E-state index in [0.29, 0.717) is 18.5 Å². The lowest BCUT2D eigenvalue weighted by Crippen LogP contribution is -2.64. The second-order valence-corrected chi connectivity index (χ2v) is 10.3. The number of aliphatic hydroxyl groups is 1. The molecule has 1 amide bonds. The molecule has 3 rings (SSSR count). The summed E-state index contributed by atoms with van der Waals surface area (Å²) in [5, 5.41) is 31.2. The summed E-state index contributed by atoms with van der Waals surface area (Å²) in [7, 11) is -3.58. The number of hydrogen-bond acceptors (Lipinski definition) is 7. The van der Waals surface area contributed by atoms with Crippen molar-refractivity contribution in [1.82, 2.24) is 14.9 Å². The van der Waals surface area contributed by atoms with Crippen molar-refractivity contribution in [3.05, 3.63) is 65.2 Å². The highest BCUT2D eigenvalue weighted by Gasteiger charge is 2.41. The Bertz CT molecular complexity index is 1130. The van der Waals surface area contributed by atoms with E-state index in [0.717, 1.165) is 5.56 Å². The van der Waals surface area contributed by atoms with E-state index in [2.05, 4.69) is 10.0 Å². The topological polar surface area (TPSA) is 169 Å². The summed E-state index contributed by atoms with van der Waals surface area (Å²) < 4.78 is 27.1. The van der Waals surface area contributed by atoms with Crippen molar-refractivity contribution in [1.29, 1.82) is 5.41 Å². The van der Waals surface area contributed by atoms with Gasteiger partial charge in [-0.2, -0.15) is 0 Å². The lowest BCUT2D eigenvalue weighted by atomic mass is 9.97. The van der Waals surface area contributed by atoms with Gasteiger partial charge in [-0.3, -0.25) is 15.1 Å². The second-order valence-electron chi connectivity index (χ2n) is 8.26. The molecule has 2 aromatic carbocycles. The lowest BCUT2D eigenvalue weighted by Gasteiger charge is -2.45. The molecule has 0 bridgehead atoms. The molecule has 1 aliphatic heterocycles. The molecule has 184 valence electrons. The van der Waals surface area contributed by atoms with Crippen LogP contribution in [0.15, 0.2) is 48.5 Å². The predicted molar refractivity (Wildman–Crippen MR) is 129 cm³/mol.